The van der Waals surface area contributed by atoms with Gasteiger partial charge in [0.2, 0.25) is 0 Å². The zero-order valence-electron chi connectivity index (χ0n) is 14.6. The van der Waals surface area contributed by atoms with E-state index in [-0.39, 0.29) is 12.5 Å². The lowest BCUT2D eigenvalue weighted by Gasteiger charge is -2.31. The van der Waals surface area contributed by atoms with E-state index in [4.69, 9.17) is 0 Å². The maximum Gasteiger partial charge on any atom is 0.269 e. The van der Waals surface area contributed by atoms with Crippen LogP contribution in [0.1, 0.15) is 42.9 Å². The number of aryl methyl sites for hydroxylation is 1. The standard InChI is InChI=1S/C17H30N4O2/c1-13(2)9-15-10-16(20(3)19-15)17(23)18-6-8-21-7-4-5-14(11-21)12-22/h10,13-14,22H,4-9,11-12H2,1-3H3,(H,18,23). The highest BCUT2D eigenvalue weighted by Gasteiger charge is 2.19. The first-order chi connectivity index (χ1) is 11.0. The van der Waals surface area contributed by atoms with Crippen molar-refractivity contribution in [1.82, 2.24) is 20.0 Å². The molecule has 130 valence electrons. The third kappa shape index (κ3) is 5.32. The lowest BCUT2D eigenvalue weighted by atomic mass is 9.99. The summed E-state index contributed by atoms with van der Waals surface area (Å²) in [5, 5.41) is 16.7. The van der Waals surface area contributed by atoms with Crippen molar-refractivity contribution < 1.29 is 9.90 Å². The first kappa shape index (κ1) is 17.9. The van der Waals surface area contributed by atoms with E-state index in [1.165, 1.54) is 0 Å². The van der Waals surface area contributed by atoms with E-state index >= 15 is 0 Å². The molecule has 1 amide bonds. The number of likely N-dealkylation sites (tertiary alicyclic amines) is 1. The normalized spacial score (nSPS) is 19.3. The number of aliphatic hydroxyl groups excluding tert-OH is 1. The number of aliphatic hydroxyl groups is 1. The fourth-order valence-electron chi connectivity index (χ4n) is 3.18. The fourth-order valence-corrected chi connectivity index (χ4v) is 3.18. The van der Waals surface area contributed by atoms with Gasteiger partial charge >= 0.3 is 0 Å². The topological polar surface area (TPSA) is 70.4 Å². The summed E-state index contributed by atoms with van der Waals surface area (Å²) in [6.45, 7) is 7.99. The van der Waals surface area contributed by atoms with Crippen molar-refractivity contribution in [3.05, 3.63) is 17.5 Å². The molecule has 2 rings (SSSR count). The second-order valence-corrected chi connectivity index (χ2v) is 6.99. The molecule has 0 bridgehead atoms. The van der Waals surface area contributed by atoms with Gasteiger partial charge < -0.3 is 15.3 Å². The number of carbonyl (C=O) groups excluding carboxylic acids is 1. The van der Waals surface area contributed by atoms with Crippen LogP contribution < -0.4 is 5.32 Å². The van der Waals surface area contributed by atoms with Gasteiger partial charge in [0, 0.05) is 33.3 Å². The number of nitrogens with zero attached hydrogens (tertiary/aromatic N) is 3. The second kappa shape index (κ2) is 8.45. The van der Waals surface area contributed by atoms with Gasteiger partial charge in [0.15, 0.2) is 0 Å². The number of carbonyl (C=O) groups is 1. The highest BCUT2D eigenvalue weighted by molar-refractivity contribution is 5.92. The Hall–Kier alpha value is -1.40. The Labute approximate surface area is 138 Å². The van der Waals surface area contributed by atoms with Gasteiger partial charge in [0.1, 0.15) is 5.69 Å². The maximum atomic E-state index is 12.3. The van der Waals surface area contributed by atoms with Crippen molar-refractivity contribution >= 4 is 5.91 Å². The van der Waals surface area contributed by atoms with E-state index in [0.29, 0.717) is 24.1 Å². The molecule has 23 heavy (non-hydrogen) atoms. The first-order valence-electron chi connectivity index (χ1n) is 8.64. The van der Waals surface area contributed by atoms with Crippen LogP contribution in [0.15, 0.2) is 6.07 Å². The van der Waals surface area contributed by atoms with Gasteiger partial charge in [-0.05, 0) is 43.7 Å². The van der Waals surface area contributed by atoms with E-state index < -0.39 is 0 Å². The molecule has 2 heterocycles. The van der Waals surface area contributed by atoms with Crippen LogP contribution in [0.25, 0.3) is 0 Å². The van der Waals surface area contributed by atoms with E-state index in [1.807, 2.05) is 13.1 Å². The Morgan fingerprint density at radius 2 is 2.30 bits per heavy atom. The van der Waals surface area contributed by atoms with Gasteiger partial charge in [0.05, 0.1) is 5.69 Å². The molecule has 1 saturated heterocycles. The third-order valence-electron chi connectivity index (χ3n) is 4.36. The van der Waals surface area contributed by atoms with E-state index in [9.17, 15) is 9.90 Å². The minimum absolute atomic E-state index is 0.0641. The largest absolute Gasteiger partial charge is 0.396 e. The summed E-state index contributed by atoms with van der Waals surface area (Å²) >= 11 is 0. The molecule has 0 radical (unpaired) electrons. The summed E-state index contributed by atoms with van der Waals surface area (Å²) in [5.74, 6) is 0.847. The lowest BCUT2D eigenvalue weighted by Crippen LogP contribution is -2.41. The quantitative estimate of drug-likeness (QED) is 0.787. The van der Waals surface area contributed by atoms with Crippen LogP contribution in [0.3, 0.4) is 0 Å². The van der Waals surface area contributed by atoms with Crippen LogP contribution in [0.2, 0.25) is 0 Å². The molecule has 0 aliphatic carbocycles. The monoisotopic (exact) mass is 322 g/mol. The van der Waals surface area contributed by atoms with Crippen LogP contribution in [0.4, 0.5) is 0 Å². The summed E-state index contributed by atoms with van der Waals surface area (Å²) in [5.41, 5.74) is 1.59. The summed E-state index contributed by atoms with van der Waals surface area (Å²) in [6, 6.07) is 1.89. The molecule has 1 fully saturated rings. The average molecular weight is 322 g/mol. The van der Waals surface area contributed by atoms with Crippen molar-refractivity contribution in [2.75, 3.05) is 32.8 Å². The molecule has 1 unspecified atom stereocenters. The molecule has 1 atom stereocenters. The zero-order valence-corrected chi connectivity index (χ0v) is 14.6. The Kier molecular flexibility index (Phi) is 6.59. The van der Waals surface area contributed by atoms with Crippen LogP contribution in [-0.2, 0) is 13.5 Å². The molecule has 1 aliphatic heterocycles. The number of hydrogen-bond donors (Lipinski definition) is 2. The zero-order chi connectivity index (χ0) is 16.8. The SMILES string of the molecule is CC(C)Cc1cc(C(=O)NCCN2CCCC(CO)C2)n(C)n1. The average Bonchev–Trinajstić information content (AvgIpc) is 2.87. The van der Waals surface area contributed by atoms with Gasteiger partial charge in [-0.3, -0.25) is 9.48 Å². The lowest BCUT2D eigenvalue weighted by molar-refractivity contribution is 0.0922. The molecular weight excluding hydrogens is 292 g/mol. The Bertz CT molecular complexity index is 513. The van der Waals surface area contributed by atoms with Crippen molar-refractivity contribution in [3.63, 3.8) is 0 Å². The van der Waals surface area contributed by atoms with Gasteiger partial charge in [-0.1, -0.05) is 13.8 Å². The van der Waals surface area contributed by atoms with Crippen molar-refractivity contribution in [2.45, 2.75) is 33.1 Å². The maximum absolute atomic E-state index is 12.3. The summed E-state index contributed by atoms with van der Waals surface area (Å²) in [4.78, 5) is 14.6. The molecule has 1 aliphatic rings. The predicted octanol–water partition coefficient (Wildman–Crippen LogP) is 1.05. The van der Waals surface area contributed by atoms with Gasteiger partial charge in [0.25, 0.3) is 5.91 Å². The van der Waals surface area contributed by atoms with E-state index in [0.717, 1.165) is 44.6 Å². The smallest absolute Gasteiger partial charge is 0.269 e. The van der Waals surface area contributed by atoms with Gasteiger partial charge in [-0.2, -0.15) is 5.10 Å². The fraction of sp³-hybridized carbons (Fsp3) is 0.765. The van der Waals surface area contributed by atoms with Crippen molar-refractivity contribution in [1.29, 1.82) is 0 Å². The number of aromatic nitrogens is 2. The van der Waals surface area contributed by atoms with E-state index in [1.54, 1.807) is 4.68 Å². The molecule has 0 aromatic carbocycles. The number of rotatable bonds is 7. The van der Waals surface area contributed by atoms with Crippen LogP contribution >= 0.6 is 0 Å². The minimum atomic E-state index is -0.0641. The summed E-state index contributed by atoms with van der Waals surface area (Å²) in [6.07, 6.45) is 3.11. The molecule has 0 spiro atoms. The molecular formula is C17H30N4O2. The molecule has 1 aromatic heterocycles. The predicted molar refractivity (Wildman–Crippen MR) is 90.3 cm³/mol. The van der Waals surface area contributed by atoms with Crippen molar-refractivity contribution in [2.24, 2.45) is 18.9 Å². The first-order valence-corrected chi connectivity index (χ1v) is 8.64. The van der Waals surface area contributed by atoms with Crippen molar-refractivity contribution in [3.8, 4) is 0 Å². The number of piperidine rings is 1. The highest BCUT2D eigenvalue weighted by atomic mass is 16.3. The summed E-state index contributed by atoms with van der Waals surface area (Å²) < 4.78 is 1.66. The van der Waals surface area contributed by atoms with Gasteiger partial charge in [-0.25, -0.2) is 0 Å². The molecule has 2 N–H and O–H groups in total. The van der Waals surface area contributed by atoms with Crippen LogP contribution in [-0.4, -0.2) is 58.5 Å². The Balaban J connectivity index is 1.79. The van der Waals surface area contributed by atoms with Crippen LogP contribution in [0, 0.1) is 11.8 Å². The molecule has 6 heteroatoms. The highest BCUT2D eigenvalue weighted by Crippen LogP contribution is 2.15. The minimum Gasteiger partial charge on any atom is -0.396 e. The summed E-state index contributed by atoms with van der Waals surface area (Å²) in [7, 11) is 1.81. The number of amides is 1. The number of hydrogen-bond acceptors (Lipinski definition) is 4. The molecule has 6 nitrogen and oxygen atoms in total. The second-order valence-electron chi connectivity index (χ2n) is 6.99. The van der Waals surface area contributed by atoms with Gasteiger partial charge in [-0.15, -0.1) is 0 Å². The van der Waals surface area contributed by atoms with Crippen LogP contribution in [0.5, 0.6) is 0 Å². The third-order valence-corrected chi connectivity index (χ3v) is 4.36. The molecule has 1 aromatic rings. The number of nitrogens with one attached hydrogen (secondary N) is 1. The molecule has 0 saturated carbocycles. The Morgan fingerprint density at radius 1 is 1.52 bits per heavy atom. The van der Waals surface area contributed by atoms with E-state index in [2.05, 4.69) is 29.2 Å². The Morgan fingerprint density at radius 3 is 3.00 bits per heavy atom.